The zero-order valence-electron chi connectivity index (χ0n) is 42.5. The van der Waals surface area contributed by atoms with E-state index in [1.807, 2.05) is 0 Å². The molecule has 0 spiro atoms. The minimum absolute atomic E-state index is 0.283. The number of ether oxygens (including phenoxy) is 1. The Labute approximate surface area is 450 Å². The van der Waals surface area contributed by atoms with Crippen LogP contribution in [0.4, 0.5) is 5.69 Å². The molecule has 1 aliphatic heterocycles. The van der Waals surface area contributed by atoms with Crippen LogP contribution >= 0.6 is 0 Å². The van der Waals surface area contributed by atoms with Gasteiger partial charge in [-0.3, -0.25) is 0 Å². The van der Waals surface area contributed by atoms with Gasteiger partial charge in [0.25, 0.3) is 0 Å². The fraction of sp³-hybridized carbons (Fsp3) is 0.0400. The fourth-order valence-corrected chi connectivity index (χ4v) is 12.4. The fourth-order valence-electron chi connectivity index (χ4n) is 12.4. The summed E-state index contributed by atoms with van der Waals surface area (Å²) in [5.41, 5.74) is 14.6. The minimum atomic E-state index is -1.23. The van der Waals surface area contributed by atoms with E-state index in [0.29, 0.717) is 0 Å². The van der Waals surface area contributed by atoms with Crippen LogP contribution < -0.4 is 4.90 Å². The zero-order chi connectivity index (χ0) is 51.2. The summed E-state index contributed by atoms with van der Waals surface area (Å²) in [5.74, 6) is 0.578. The van der Waals surface area contributed by atoms with Gasteiger partial charge in [0.05, 0.1) is 0 Å². The number of allylic oxidation sites excluding steroid dienone is 2. The van der Waals surface area contributed by atoms with Crippen molar-refractivity contribution in [3.63, 3.8) is 0 Å². The number of fused-ring (bicyclic) bond motifs is 4. The first kappa shape index (κ1) is 45.8. The van der Waals surface area contributed by atoms with Gasteiger partial charge < -0.3 is 9.64 Å². The minimum Gasteiger partial charge on any atom is -0.461 e. The molecule has 0 N–H and O–H groups in total. The number of anilines is 1. The van der Waals surface area contributed by atoms with Gasteiger partial charge in [-0.05, 0) is 113 Å². The highest BCUT2D eigenvalue weighted by molar-refractivity contribution is 6.12. The van der Waals surface area contributed by atoms with Crippen molar-refractivity contribution in [3.8, 4) is 44.5 Å². The van der Waals surface area contributed by atoms with Crippen LogP contribution in [0, 0.1) is 0 Å². The van der Waals surface area contributed by atoms with Gasteiger partial charge in [-0.1, -0.05) is 291 Å². The predicted octanol–water partition coefficient (Wildman–Crippen LogP) is 19.1. The van der Waals surface area contributed by atoms with E-state index in [1.54, 1.807) is 0 Å². The smallest absolute Gasteiger partial charge is 0.236 e. The van der Waals surface area contributed by atoms with Crippen molar-refractivity contribution in [2.75, 3.05) is 4.90 Å². The third-order valence-corrected chi connectivity index (χ3v) is 16.1. The zero-order valence-corrected chi connectivity index (χ0v) is 42.5. The second kappa shape index (κ2) is 19.2. The van der Waals surface area contributed by atoms with Gasteiger partial charge in [0.15, 0.2) is 0 Å². The van der Waals surface area contributed by atoms with Gasteiger partial charge in [-0.15, -0.1) is 0 Å². The lowest BCUT2D eigenvalue weighted by atomic mass is 9.67. The monoisotopic (exact) mass is 983 g/mol. The maximum Gasteiger partial charge on any atom is 0.236 e. The van der Waals surface area contributed by atoms with Crippen molar-refractivity contribution in [1.29, 1.82) is 0 Å². The van der Waals surface area contributed by atoms with Crippen LogP contribution in [0.15, 0.2) is 321 Å². The Morgan fingerprint density at radius 2 is 0.701 bits per heavy atom. The third kappa shape index (κ3) is 7.80. The summed E-state index contributed by atoms with van der Waals surface area (Å²) in [5, 5.41) is 4.86. The van der Waals surface area contributed by atoms with Crippen LogP contribution in [-0.4, -0.2) is 0 Å². The molecule has 1 saturated heterocycles. The Balaban J connectivity index is 1.10. The highest BCUT2D eigenvalue weighted by Gasteiger charge is 2.66. The third-order valence-electron chi connectivity index (χ3n) is 16.1. The SMILES string of the molecule is C1=C(c2cc3ccccc3c3ccccc23)C=C2OC(c3ccc(-c4ccccc4)cc3)(c3ccc(-c4ccccc4)cc3)N(c3ccc(-c4ccccc4)cc3)C2(c2ccc(-c3ccccc3)cc2)C1c1ccccc1. The summed E-state index contributed by atoms with van der Waals surface area (Å²) in [6.07, 6.45) is 4.92. The lowest BCUT2D eigenvalue weighted by Gasteiger charge is -2.49. The molecule has 2 heteroatoms. The van der Waals surface area contributed by atoms with Crippen molar-refractivity contribution in [3.05, 3.63) is 349 Å². The molecule has 0 aromatic heterocycles. The standard InChI is InChI=1S/C75H53NO/c1-6-20-53(21-7-1)57-34-42-64(43-35-57)74-72(61-28-14-5-15-29-61)51-63(71-50-62-30-16-17-31-68(62)69-32-18-19-33-70(69)71)52-73(74)77-75(65-44-36-58(37-45-65)54-22-8-2-9-23-54,66-46-38-59(39-47-66)55-24-10-3-11-25-55)76(74)67-48-40-60(41-49-67)56-26-12-4-13-27-56/h1-52,72H. The molecule has 2 nitrogen and oxygen atoms in total. The van der Waals surface area contributed by atoms with Crippen LogP contribution in [0.5, 0.6) is 0 Å². The first-order valence-electron chi connectivity index (χ1n) is 26.7. The van der Waals surface area contributed by atoms with Crippen LogP contribution in [0.25, 0.3) is 71.6 Å². The Morgan fingerprint density at radius 3 is 1.18 bits per heavy atom. The second-order valence-corrected chi connectivity index (χ2v) is 20.3. The average Bonchev–Trinajstić information content (AvgIpc) is 4.04. The van der Waals surface area contributed by atoms with E-state index in [9.17, 15) is 0 Å². The van der Waals surface area contributed by atoms with Crippen LogP contribution in [0.3, 0.4) is 0 Å². The Kier molecular flexibility index (Phi) is 11.4. The van der Waals surface area contributed by atoms with Crippen molar-refractivity contribution >= 4 is 32.8 Å². The molecule has 2 aliphatic rings. The molecule has 0 bridgehead atoms. The number of rotatable bonds is 10. The first-order valence-corrected chi connectivity index (χ1v) is 26.7. The van der Waals surface area contributed by atoms with Crippen molar-refractivity contribution in [2.24, 2.45) is 0 Å². The van der Waals surface area contributed by atoms with Crippen molar-refractivity contribution < 1.29 is 4.74 Å². The topological polar surface area (TPSA) is 12.5 Å². The molecule has 364 valence electrons. The number of hydrogen-bond donors (Lipinski definition) is 0. The quantitative estimate of drug-likeness (QED) is 0.127. The second-order valence-electron chi connectivity index (χ2n) is 20.3. The molecule has 1 aliphatic carbocycles. The summed E-state index contributed by atoms with van der Waals surface area (Å²) in [7, 11) is 0. The van der Waals surface area contributed by atoms with E-state index in [-0.39, 0.29) is 5.92 Å². The molecule has 77 heavy (non-hydrogen) atoms. The summed E-state index contributed by atoms with van der Waals surface area (Å²) >= 11 is 0. The Bertz CT molecular complexity index is 4030. The molecule has 0 radical (unpaired) electrons. The summed E-state index contributed by atoms with van der Waals surface area (Å²) < 4.78 is 8.42. The molecule has 14 rings (SSSR count). The molecule has 1 fully saturated rings. The van der Waals surface area contributed by atoms with E-state index in [4.69, 9.17) is 4.74 Å². The van der Waals surface area contributed by atoms with Gasteiger partial charge in [-0.25, -0.2) is 0 Å². The molecule has 0 saturated carbocycles. The number of nitrogens with zero attached hydrogens (tertiary/aromatic N) is 1. The molecular weight excluding hydrogens is 931 g/mol. The number of benzene rings is 12. The van der Waals surface area contributed by atoms with Gasteiger partial charge >= 0.3 is 0 Å². The summed E-state index contributed by atoms with van der Waals surface area (Å²) in [4.78, 5) is 2.65. The van der Waals surface area contributed by atoms with Gasteiger partial charge in [-0.2, -0.15) is 0 Å². The molecule has 12 aromatic rings. The highest BCUT2D eigenvalue weighted by Crippen LogP contribution is 2.65. The first-order chi connectivity index (χ1) is 38.1. The molecule has 0 amide bonds. The van der Waals surface area contributed by atoms with E-state index < -0.39 is 11.3 Å². The van der Waals surface area contributed by atoms with Crippen molar-refractivity contribution in [2.45, 2.75) is 17.2 Å². The van der Waals surface area contributed by atoms with Gasteiger partial charge in [0.2, 0.25) is 5.72 Å². The van der Waals surface area contributed by atoms with E-state index >= 15 is 0 Å². The Morgan fingerprint density at radius 1 is 0.325 bits per heavy atom. The molecule has 2 unspecified atom stereocenters. The van der Waals surface area contributed by atoms with E-state index in [2.05, 4.69) is 320 Å². The van der Waals surface area contributed by atoms with Gasteiger partial charge in [0, 0.05) is 22.7 Å². The van der Waals surface area contributed by atoms with Crippen LogP contribution in [0.1, 0.15) is 33.7 Å². The van der Waals surface area contributed by atoms with E-state index in [1.165, 1.54) is 38.2 Å². The maximum absolute atomic E-state index is 8.42. The number of hydrogen-bond acceptors (Lipinski definition) is 2. The van der Waals surface area contributed by atoms with E-state index in [0.717, 1.165) is 72.7 Å². The largest absolute Gasteiger partial charge is 0.461 e. The van der Waals surface area contributed by atoms with Crippen LogP contribution in [0.2, 0.25) is 0 Å². The van der Waals surface area contributed by atoms with Crippen LogP contribution in [-0.2, 0) is 16.0 Å². The average molecular weight is 984 g/mol. The molecule has 12 aromatic carbocycles. The maximum atomic E-state index is 8.42. The predicted molar refractivity (Wildman–Crippen MR) is 320 cm³/mol. The lowest BCUT2D eigenvalue weighted by molar-refractivity contribution is 0.0782. The lowest BCUT2D eigenvalue weighted by Crippen LogP contribution is -2.55. The Hall–Kier alpha value is -9.76. The summed E-state index contributed by atoms with van der Waals surface area (Å²) in [6.45, 7) is 0. The highest BCUT2D eigenvalue weighted by atomic mass is 16.5. The van der Waals surface area contributed by atoms with Gasteiger partial charge in [0.1, 0.15) is 11.3 Å². The molecular formula is C75H53NO. The summed E-state index contributed by atoms with van der Waals surface area (Å²) in [6, 6.07) is 111. The van der Waals surface area contributed by atoms with Crippen molar-refractivity contribution in [1.82, 2.24) is 0 Å². The molecule has 1 heterocycles. The normalized spacial score (nSPS) is 16.6. The molecule has 2 atom stereocenters.